The molecule has 19 heavy (non-hydrogen) atoms. The maximum Gasteiger partial charge on any atom is 0.354 e. The second-order valence-corrected chi connectivity index (χ2v) is 4.77. The lowest BCUT2D eigenvalue weighted by molar-refractivity contribution is 0.0686. The Balaban J connectivity index is 2.53. The summed E-state index contributed by atoms with van der Waals surface area (Å²) in [5.74, 6) is -3.03. The fourth-order valence-electron chi connectivity index (χ4n) is 1.45. The van der Waals surface area contributed by atoms with Crippen LogP contribution in [0.4, 0.5) is 4.39 Å². The molecule has 0 radical (unpaired) electrons. The lowest BCUT2D eigenvalue weighted by atomic mass is 10.1. The van der Waals surface area contributed by atoms with Crippen molar-refractivity contribution in [2.24, 2.45) is 0 Å². The molecule has 0 aliphatic heterocycles. The smallest absolute Gasteiger partial charge is 0.354 e. The van der Waals surface area contributed by atoms with E-state index in [2.05, 4.69) is 25.9 Å². The summed E-state index contributed by atoms with van der Waals surface area (Å²) >= 11 is 8.80. The van der Waals surface area contributed by atoms with Crippen LogP contribution in [0.25, 0.3) is 0 Å². The molecule has 98 valence electrons. The highest BCUT2D eigenvalue weighted by atomic mass is 79.9. The number of carboxylic acids is 1. The molecule has 0 aliphatic carbocycles. The van der Waals surface area contributed by atoms with Crippen LogP contribution in [0.3, 0.4) is 0 Å². The summed E-state index contributed by atoms with van der Waals surface area (Å²) in [7, 11) is 0. The second-order valence-electron chi connectivity index (χ2n) is 3.51. The van der Waals surface area contributed by atoms with E-state index in [0.29, 0.717) is 4.47 Å². The van der Waals surface area contributed by atoms with Crippen molar-refractivity contribution in [2.45, 2.75) is 0 Å². The number of aromatic nitrogens is 2. The van der Waals surface area contributed by atoms with E-state index in [1.165, 1.54) is 0 Å². The zero-order chi connectivity index (χ0) is 14.2. The molecule has 2 rings (SSSR count). The first-order chi connectivity index (χ1) is 8.91. The van der Waals surface area contributed by atoms with Crippen molar-refractivity contribution in [1.82, 2.24) is 9.97 Å². The van der Waals surface area contributed by atoms with E-state index in [1.54, 1.807) is 0 Å². The summed E-state index contributed by atoms with van der Waals surface area (Å²) in [6, 6.07) is 2.15. The number of hydrogen-bond donors (Lipinski definition) is 2. The number of aromatic amines is 1. The summed E-state index contributed by atoms with van der Waals surface area (Å²) in [6.07, 6.45) is 1.05. The van der Waals surface area contributed by atoms with Gasteiger partial charge >= 0.3 is 5.97 Å². The van der Waals surface area contributed by atoms with E-state index in [4.69, 9.17) is 16.7 Å². The first kappa shape index (κ1) is 13.7. The van der Waals surface area contributed by atoms with E-state index in [-0.39, 0.29) is 16.3 Å². The molecule has 0 bridgehead atoms. The number of benzene rings is 1. The maximum absolute atomic E-state index is 13.7. The van der Waals surface area contributed by atoms with E-state index >= 15 is 0 Å². The van der Waals surface area contributed by atoms with E-state index in [1.807, 2.05) is 0 Å². The minimum atomic E-state index is -1.36. The van der Waals surface area contributed by atoms with E-state index in [9.17, 15) is 14.0 Å². The number of aromatic carboxylic acids is 1. The van der Waals surface area contributed by atoms with Gasteiger partial charge in [0.2, 0.25) is 5.78 Å². The van der Waals surface area contributed by atoms with Gasteiger partial charge in [0.25, 0.3) is 0 Å². The Labute approximate surface area is 119 Å². The predicted molar refractivity (Wildman–Crippen MR) is 68.1 cm³/mol. The van der Waals surface area contributed by atoms with Gasteiger partial charge in [-0.2, -0.15) is 0 Å². The van der Waals surface area contributed by atoms with Gasteiger partial charge in [-0.15, -0.1) is 0 Å². The number of carboxylic acid groups (broad SMARTS) is 1. The number of carbonyl (C=O) groups excluding carboxylic acids is 1. The molecule has 2 aromatic rings. The molecule has 1 heterocycles. The molecule has 8 heteroatoms. The van der Waals surface area contributed by atoms with E-state index < -0.39 is 23.3 Å². The molecular formula is C11H5BrClFN2O3. The Kier molecular flexibility index (Phi) is 3.68. The first-order valence-corrected chi connectivity index (χ1v) is 6.04. The Morgan fingerprint density at radius 1 is 1.42 bits per heavy atom. The number of imidazole rings is 1. The normalized spacial score (nSPS) is 10.5. The molecule has 0 unspecified atom stereocenters. The highest BCUT2D eigenvalue weighted by Crippen LogP contribution is 2.27. The van der Waals surface area contributed by atoms with Crippen LogP contribution in [0.2, 0.25) is 5.02 Å². The van der Waals surface area contributed by atoms with Crippen molar-refractivity contribution in [3.63, 3.8) is 0 Å². The first-order valence-electron chi connectivity index (χ1n) is 4.87. The molecule has 0 saturated heterocycles. The third kappa shape index (κ3) is 2.52. The highest BCUT2D eigenvalue weighted by molar-refractivity contribution is 9.10. The van der Waals surface area contributed by atoms with Gasteiger partial charge in [0.1, 0.15) is 11.5 Å². The Bertz CT molecular complexity index is 687. The number of halogens is 3. The summed E-state index contributed by atoms with van der Waals surface area (Å²) in [6.45, 7) is 0. The molecule has 0 spiro atoms. The number of carbonyl (C=O) groups is 2. The predicted octanol–water partition coefficient (Wildman–Crippen LogP) is 2.89. The minimum absolute atomic E-state index is 0.136. The van der Waals surface area contributed by atoms with Crippen LogP contribution in [-0.2, 0) is 0 Å². The Hall–Kier alpha value is -1.73. The summed E-state index contributed by atoms with van der Waals surface area (Å²) in [4.78, 5) is 28.8. The molecule has 5 nitrogen and oxygen atoms in total. The van der Waals surface area contributed by atoms with Gasteiger partial charge < -0.3 is 10.1 Å². The molecular weight excluding hydrogens is 342 g/mol. The van der Waals surface area contributed by atoms with Gasteiger partial charge in [-0.25, -0.2) is 14.2 Å². The lowest BCUT2D eigenvalue weighted by Crippen LogP contribution is -2.11. The molecule has 1 aromatic heterocycles. The van der Waals surface area contributed by atoms with Crippen molar-refractivity contribution in [2.75, 3.05) is 0 Å². The number of ketones is 1. The van der Waals surface area contributed by atoms with E-state index in [0.717, 1.165) is 18.5 Å². The highest BCUT2D eigenvalue weighted by Gasteiger charge is 2.24. The Morgan fingerprint density at radius 2 is 2.11 bits per heavy atom. The van der Waals surface area contributed by atoms with Crippen LogP contribution < -0.4 is 0 Å². The van der Waals surface area contributed by atoms with Crippen LogP contribution in [-0.4, -0.2) is 26.8 Å². The molecule has 0 fully saturated rings. The van der Waals surface area contributed by atoms with Gasteiger partial charge in [-0.05, 0) is 28.1 Å². The maximum atomic E-state index is 13.7. The van der Waals surface area contributed by atoms with Gasteiger partial charge in [-0.3, -0.25) is 4.79 Å². The Morgan fingerprint density at radius 3 is 2.74 bits per heavy atom. The summed E-state index contributed by atoms with van der Waals surface area (Å²) < 4.78 is 14.0. The van der Waals surface area contributed by atoms with Gasteiger partial charge in [0.15, 0.2) is 5.69 Å². The van der Waals surface area contributed by atoms with Crippen molar-refractivity contribution in [3.8, 4) is 0 Å². The number of hydrogen-bond acceptors (Lipinski definition) is 3. The topological polar surface area (TPSA) is 83.0 Å². The monoisotopic (exact) mass is 346 g/mol. The number of rotatable bonds is 3. The summed E-state index contributed by atoms with van der Waals surface area (Å²) in [5, 5.41) is 9.00. The van der Waals surface area contributed by atoms with Crippen LogP contribution in [0.5, 0.6) is 0 Å². The fourth-order valence-corrected chi connectivity index (χ4v) is 1.93. The molecule has 0 aliphatic rings. The second kappa shape index (κ2) is 5.10. The van der Waals surface area contributed by atoms with Crippen LogP contribution in [0.1, 0.15) is 26.5 Å². The standard InChI is InChI=1S/C11H5BrClFN2O3/c12-5-2-7(14)4(1-6(5)13)10(17)8-9(11(18)19)16-3-15-8/h1-3H,(H,15,16)(H,18,19). The van der Waals surface area contributed by atoms with Gasteiger partial charge in [0, 0.05) is 4.47 Å². The molecule has 0 saturated carbocycles. The molecule has 1 aromatic carbocycles. The van der Waals surface area contributed by atoms with Crippen LogP contribution >= 0.6 is 27.5 Å². The van der Waals surface area contributed by atoms with Crippen molar-refractivity contribution >= 4 is 39.3 Å². The number of H-pyrrole nitrogens is 1. The number of nitrogens with one attached hydrogen (secondary N) is 1. The number of nitrogens with zero attached hydrogens (tertiary/aromatic N) is 1. The average Bonchev–Trinajstić information content (AvgIpc) is 2.82. The van der Waals surface area contributed by atoms with Crippen molar-refractivity contribution < 1.29 is 19.1 Å². The fraction of sp³-hybridized carbons (Fsp3) is 0. The van der Waals surface area contributed by atoms with Crippen molar-refractivity contribution in [3.05, 3.63) is 50.7 Å². The zero-order valence-electron chi connectivity index (χ0n) is 9.08. The quantitative estimate of drug-likeness (QED) is 0.660. The third-order valence-electron chi connectivity index (χ3n) is 2.32. The third-order valence-corrected chi connectivity index (χ3v) is 3.52. The van der Waals surface area contributed by atoms with Crippen LogP contribution in [0.15, 0.2) is 22.9 Å². The van der Waals surface area contributed by atoms with Crippen LogP contribution in [0, 0.1) is 5.82 Å². The zero-order valence-corrected chi connectivity index (χ0v) is 11.4. The SMILES string of the molecule is O=C(c1cc(Cl)c(Br)cc1F)c1nc[nH]c1C(=O)O. The molecule has 2 N–H and O–H groups in total. The largest absolute Gasteiger partial charge is 0.477 e. The molecule has 0 atom stereocenters. The average molecular weight is 348 g/mol. The summed E-state index contributed by atoms with van der Waals surface area (Å²) in [5.41, 5.74) is -1.11. The minimum Gasteiger partial charge on any atom is -0.477 e. The van der Waals surface area contributed by atoms with Crippen molar-refractivity contribution in [1.29, 1.82) is 0 Å². The van der Waals surface area contributed by atoms with Gasteiger partial charge in [-0.1, -0.05) is 11.6 Å². The van der Waals surface area contributed by atoms with Gasteiger partial charge in [0.05, 0.1) is 16.9 Å². The molecule has 0 amide bonds. The lowest BCUT2D eigenvalue weighted by Gasteiger charge is -2.04.